The molecule has 2 aromatic heterocycles. The van der Waals surface area contributed by atoms with Gasteiger partial charge in [0.1, 0.15) is 9.61 Å². The summed E-state index contributed by atoms with van der Waals surface area (Å²) in [4.78, 5) is 35.0. The topological polar surface area (TPSA) is 127 Å². The van der Waals surface area contributed by atoms with Crippen molar-refractivity contribution in [3.63, 3.8) is 0 Å². The third-order valence-corrected chi connectivity index (χ3v) is 11.2. The van der Waals surface area contributed by atoms with Crippen molar-refractivity contribution in [1.29, 1.82) is 0 Å². The van der Waals surface area contributed by atoms with Crippen LogP contribution in [0.2, 0.25) is 0 Å². The van der Waals surface area contributed by atoms with Crippen molar-refractivity contribution in [2.45, 2.75) is 63.8 Å². The largest absolute Gasteiger partial charge is 0.373 e. The number of ether oxygens (including phenoxy) is 1. The van der Waals surface area contributed by atoms with Crippen LogP contribution in [-0.2, 0) is 45.8 Å². The van der Waals surface area contributed by atoms with E-state index in [1.54, 1.807) is 11.1 Å². The molecule has 4 aliphatic rings. The number of nitrogens with zero attached hydrogens (tertiary/aromatic N) is 5. The van der Waals surface area contributed by atoms with Gasteiger partial charge in [0.05, 0.1) is 55.2 Å². The summed E-state index contributed by atoms with van der Waals surface area (Å²) in [6.45, 7) is 5.63. The number of amides is 3. The number of carbonyl (C=O) groups excluding carboxylic acids is 2. The normalized spacial score (nSPS) is 25.1. The first kappa shape index (κ1) is 24.1. The summed E-state index contributed by atoms with van der Waals surface area (Å²) in [5, 5.41) is 4.80. The Morgan fingerprint density at radius 3 is 2.78 bits per heavy atom. The molecule has 3 amide bonds. The van der Waals surface area contributed by atoms with Crippen LogP contribution in [0.5, 0.6) is 0 Å². The molecule has 192 valence electrons. The van der Waals surface area contributed by atoms with Gasteiger partial charge >= 0.3 is 6.03 Å². The molecule has 2 atom stereocenters. The van der Waals surface area contributed by atoms with Gasteiger partial charge in [-0.25, -0.2) is 22.9 Å². The van der Waals surface area contributed by atoms with E-state index in [-0.39, 0.29) is 17.3 Å². The van der Waals surface area contributed by atoms with Crippen molar-refractivity contribution in [3.8, 4) is 0 Å². The second-order valence-corrected chi connectivity index (χ2v) is 14.2. The van der Waals surface area contributed by atoms with E-state index in [1.165, 1.54) is 22.3 Å². The summed E-state index contributed by atoms with van der Waals surface area (Å²) in [7, 11) is -3.80. The maximum atomic E-state index is 13.7. The highest BCUT2D eigenvalue weighted by Crippen LogP contribution is 2.46. The fourth-order valence-electron chi connectivity index (χ4n) is 4.61. The average Bonchev–Trinajstić information content (AvgIpc) is 3.21. The Labute approximate surface area is 216 Å². The van der Waals surface area contributed by atoms with Crippen molar-refractivity contribution >= 4 is 45.1 Å². The molecular weight excluding hydrogens is 524 g/mol. The summed E-state index contributed by atoms with van der Waals surface area (Å²) in [5.74, 6) is -1.18. The third kappa shape index (κ3) is 4.38. The first-order valence-electron chi connectivity index (χ1n) is 11.7. The molecule has 3 aliphatic heterocycles. The molecule has 2 aromatic rings. The molecule has 1 saturated heterocycles. The summed E-state index contributed by atoms with van der Waals surface area (Å²) in [6.07, 6.45) is 4.71. The second-order valence-electron chi connectivity index (χ2n) is 9.77. The highest BCUT2D eigenvalue weighted by atomic mass is 32.3. The van der Waals surface area contributed by atoms with Gasteiger partial charge in [-0.1, -0.05) is 11.8 Å². The van der Waals surface area contributed by atoms with E-state index in [2.05, 4.69) is 14.8 Å². The zero-order valence-corrected chi connectivity index (χ0v) is 22.3. The summed E-state index contributed by atoms with van der Waals surface area (Å²) in [5.41, 5.74) is 1.15. The van der Waals surface area contributed by atoms with Crippen molar-refractivity contribution < 1.29 is 22.7 Å². The van der Waals surface area contributed by atoms with E-state index in [0.29, 0.717) is 25.5 Å². The highest BCUT2D eigenvalue weighted by molar-refractivity contribution is 8.18. The number of fused-ring (bicyclic) bond motifs is 2. The van der Waals surface area contributed by atoms with E-state index in [1.807, 2.05) is 24.6 Å². The quantitative estimate of drug-likeness (QED) is 0.556. The number of carbonyl (C=O) groups is 2. The Morgan fingerprint density at radius 1 is 1.28 bits per heavy atom. The second kappa shape index (κ2) is 8.65. The number of aromatic nitrogens is 3. The molecule has 0 radical (unpaired) electrons. The number of nitrogens with one attached hydrogen (secondary N) is 1. The van der Waals surface area contributed by atoms with Gasteiger partial charge in [0.15, 0.2) is 0 Å². The predicted octanol–water partition coefficient (Wildman–Crippen LogP) is 2.15. The van der Waals surface area contributed by atoms with Crippen LogP contribution in [0, 0.1) is 12.8 Å². The zero-order chi connectivity index (χ0) is 25.2. The fraction of sp³-hybridized carbons (Fsp3) is 0.545. The molecule has 11 nitrogen and oxygen atoms in total. The lowest BCUT2D eigenvalue weighted by Gasteiger charge is -2.40. The minimum Gasteiger partial charge on any atom is -0.373 e. The van der Waals surface area contributed by atoms with Gasteiger partial charge in [-0.05, 0) is 38.8 Å². The molecule has 14 heteroatoms. The van der Waals surface area contributed by atoms with E-state index in [4.69, 9.17) is 4.74 Å². The van der Waals surface area contributed by atoms with Crippen LogP contribution >= 0.6 is 23.1 Å². The number of hydrogen-bond donors (Lipinski definition) is 1. The van der Waals surface area contributed by atoms with Gasteiger partial charge in [0.2, 0.25) is 15.9 Å². The predicted molar refractivity (Wildman–Crippen MR) is 133 cm³/mol. The van der Waals surface area contributed by atoms with E-state index >= 15 is 0 Å². The van der Waals surface area contributed by atoms with Crippen LogP contribution in [0.25, 0.3) is 0 Å². The Kier molecular flexibility index (Phi) is 5.79. The average molecular weight is 551 g/mol. The minimum atomic E-state index is -3.80. The molecule has 0 bridgehead atoms. The van der Waals surface area contributed by atoms with Crippen LogP contribution in [0.1, 0.15) is 41.0 Å². The molecule has 5 heterocycles. The summed E-state index contributed by atoms with van der Waals surface area (Å²) >= 11 is 2.47. The number of hydrogen-bond acceptors (Lipinski definition) is 9. The van der Waals surface area contributed by atoms with Gasteiger partial charge in [0, 0.05) is 16.6 Å². The van der Waals surface area contributed by atoms with Gasteiger partial charge in [0.25, 0.3) is 0 Å². The van der Waals surface area contributed by atoms with Crippen LogP contribution < -0.4 is 4.72 Å². The molecule has 1 aliphatic carbocycles. The van der Waals surface area contributed by atoms with E-state index < -0.39 is 38.8 Å². The number of sulfonamides is 1. The minimum absolute atomic E-state index is 0.0878. The number of urea groups is 1. The maximum absolute atomic E-state index is 13.7. The monoisotopic (exact) mass is 550 g/mol. The summed E-state index contributed by atoms with van der Waals surface area (Å²) < 4.78 is 36.5. The SMILES string of the molecule is Cc1ncc(CN2C(=O)C3C=C(S(=O)(=O)NC4(C)CC4)SC3N(Cc3cc4n(n3)CCOC4)C2=O)s1. The van der Waals surface area contributed by atoms with Crippen LogP contribution in [0.3, 0.4) is 0 Å². The molecule has 1 N–H and O–H groups in total. The molecule has 1 saturated carbocycles. The first-order valence-corrected chi connectivity index (χ1v) is 14.9. The Morgan fingerprint density at radius 2 is 2.08 bits per heavy atom. The van der Waals surface area contributed by atoms with Crippen molar-refractivity contribution in [2.75, 3.05) is 6.61 Å². The number of imide groups is 1. The lowest BCUT2D eigenvalue weighted by molar-refractivity contribution is -0.135. The van der Waals surface area contributed by atoms with Crippen molar-refractivity contribution in [2.24, 2.45) is 5.92 Å². The Hall–Kier alpha value is -2.26. The highest BCUT2D eigenvalue weighted by Gasteiger charge is 2.52. The molecule has 36 heavy (non-hydrogen) atoms. The molecular formula is C22H26N6O5S3. The molecule has 0 aromatic carbocycles. The van der Waals surface area contributed by atoms with Crippen molar-refractivity contribution in [1.82, 2.24) is 29.3 Å². The van der Waals surface area contributed by atoms with Gasteiger partial charge in [-0.3, -0.25) is 14.4 Å². The van der Waals surface area contributed by atoms with E-state index in [9.17, 15) is 18.0 Å². The number of thioether (sulfide) groups is 1. The molecule has 6 rings (SSSR count). The standard InChI is InChI=1S/C22H26N6O5S3/c1-13-23-9-16(34-13)11-26-19(29)17-8-18(36(31,32)25-22(2)3-4-22)35-20(17)27(21(26)30)10-14-7-15-12-33-6-5-28(15)24-14/h7-9,17,20,25H,3-6,10-12H2,1-2H3. The van der Waals surface area contributed by atoms with Crippen LogP contribution in [-0.4, -0.2) is 62.4 Å². The fourth-order valence-corrected chi connectivity index (χ4v) is 8.70. The number of thiazole rings is 1. The van der Waals surface area contributed by atoms with Crippen molar-refractivity contribution in [3.05, 3.63) is 43.8 Å². The number of aryl methyl sites for hydroxylation is 1. The molecule has 2 fully saturated rings. The molecule has 0 spiro atoms. The van der Waals surface area contributed by atoms with Gasteiger partial charge in [-0.15, -0.1) is 11.3 Å². The van der Waals surface area contributed by atoms with Gasteiger partial charge in [-0.2, -0.15) is 5.10 Å². The van der Waals surface area contributed by atoms with Crippen LogP contribution in [0.15, 0.2) is 22.6 Å². The number of rotatable bonds is 7. The molecule has 2 unspecified atom stereocenters. The zero-order valence-electron chi connectivity index (χ0n) is 19.8. The maximum Gasteiger partial charge on any atom is 0.328 e. The lowest BCUT2D eigenvalue weighted by atomic mass is 10.0. The first-order chi connectivity index (χ1) is 17.1. The van der Waals surface area contributed by atoms with E-state index in [0.717, 1.165) is 40.2 Å². The lowest BCUT2D eigenvalue weighted by Crippen LogP contribution is -2.58. The van der Waals surface area contributed by atoms with Crippen LogP contribution in [0.4, 0.5) is 4.79 Å². The third-order valence-electron chi connectivity index (χ3n) is 6.77. The Bertz CT molecular complexity index is 1350. The van der Waals surface area contributed by atoms with Gasteiger partial charge < -0.3 is 9.64 Å². The summed E-state index contributed by atoms with van der Waals surface area (Å²) in [6, 6.07) is 1.44. The smallest absolute Gasteiger partial charge is 0.328 e. The Balaban J connectivity index is 1.32.